The summed E-state index contributed by atoms with van der Waals surface area (Å²) in [4.78, 5) is 15.9. The fraction of sp³-hybridized carbons (Fsp3) is 0.435. The molecule has 3 nitrogen and oxygen atoms in total. The number of aromatic nitrogens is 2. The molecule has 6 heteroatoms. The SMILES string of the molecule is CCCCC1=N[C@H]2Sc3c(SCc4ccc(Br)cc4)ncnc3[C@@H]2C2=C1CCC2. The molecule has 0 radical (unpaired) electrons. The summed E-state index contributed by atoms with van der Waals surface area (Å²) in [5, 5.41) is 1.38. The maximum Gasteiger partial charge on any atom is 0.117 e. The molecule has 2 aromatic rings. The van der Waals surface area contributed by atoms with E-state index >= 15 is 0 Å². The lowest BCUT2D eigenvalue weighted by Crippen LogP contribution is -2.21. The summed E-state index contributed by atoms with van der Waals surface area (Å²) >= 11 is 7.23. The second-order valence-corrected chi connectivity index (χ2v) is 10.8. The summed E-state index contributed by atoms with van der Waals surface area (Å²) in [6.07, 6.45) is 9.05. The van der Waals surface area contributed by atoms with Gasteiger partial charge in [0.05, 0.1) is 16.5 Å². The molecular formula is C23H24BrN3S2. The molecular weight excluding hydrogens is 462 g/mol. The van der Waals surface area contributed by atoms with Crippen molar-refractivity contribution in [2.75, 3.05) is 0 Å². The van der Waals surface area contributed by atoms with Gasteiger partial charge in [-0.1, -0.05) is 58.7 Å². The second-order valence-electron chi connectivity index (χ2n) is 7.83. The van der Waals surface area contributed by atoms with Crippen LogP contribution in [0.4, 0.5) is 0 Å². The maximum atomic E-state index is 5.25. The molecule has 0 bridgehead atoms. The Bertz CT molecular complexity index is 984. The number of nitrogens with zero attached hydrogens (tertiary/aromatic N) is 3. The van der Waals surface area contributed by atoms with Crippen LogP contribution in [0.1, 0.15) is 62.6 Å². The Kier molecular flexibility index (Phi) is 5.85. The zero-order chi connectivity index (χ0) is 19.8. The van der Waals surface area contributed by atoms with Gasteiger partial charge in [-0.2, -0.15) is 0 Å². The van der Waals surface area contributed by atoms with Crippen LogP contribution in [0.2, 0.25) is 0 Å². The minimum atomic E-state index is 0.262. The summed E-state index contributed by atoms with van der Waals surface area (Å²) in [5.74, 6) is 1.29. The van der Waals surface area contributed by atoms with E-state index in [2.05, 4.69) is 52.1 Å². The normalized spacial score (nSPS) is 22.3. The van der Waals surface area contributed by atoms with Crippen LogP contribution in [-0.4, -0.2) is 21.1 Å². The average Bonchev–Trinajstić information content (AvgIpc) is 3.36. The van der Waals surface area contributed by atoms with Crippen LogP contribution >= 0.6 is 39.5 Å². The van der Waals surface area contributed by atoms with Crippen LogP contribution in [0.25, 0.3) is 0 Å². The van der Waals surface area contributed by atoms with Gasteiger partial charge in [-0.3, -0.25) is 4.99 Å². The standard InChI is InChI=1S/C23H24BrN3S2/c1-2-3-7-18-16-5-4-6-17(16)19-20-21(29-22(19)27-18)23(26-13-25-20)28-12-14-8-10-15(24)11-9-14/h8-11,13,19,22H,2-7,12H2,1H3/t19-,22-/m0/s1. The van der Waals surface area contributed by atoms with Gasteiger partial charge in [-0.05, 0) is 55.4 Å². The summed E-state index contributed by atoms with van der Waals surface area (Å²) < 4.78 is 1.12. The van der Waals surface area contributed by atoms with Crippen molar-refractivity contribution in [3.8, 4) is 0 Å². The third kappa shape index (κ3) is 3.84. The van der Waals surface area contributed by atoms with Crippen LogP contribution in [0.3, 0.4) is 0 Å². The van der Waals surface area contributed by atoms with E-state index in [1.807, 2.05) is 23.5 Å². The Labute approximate surface area is 189 Å². The highest BCUT2D eigenvalue weighted by atomic mass is 79.9. The first kappa shape index (κ1) is 19.8. The smallest absolute Gasteiger partial charge is 0.117 e. The number of halogens is 1. The second kappa shape index (κ2) is 8.56. The zero-order valence-electron chi connectivity index (χ0n) is 16.5. The molecule has 0 spiro atoms. The maximum absolute atomic E-state index is 5.25. The van der Waals surface area contributed by atoms with E-state index in [0.717, 1.165) is 21.7 Å². The Balaban J connectivity index is 1.42. The third-order valence-electron chi connectivity index (χ3n) is 5.94. The van der Waals surface area contributed by atoms with Crippen LogP contribution in [0.15, 0.2) is 61.1 Å². The van der Waals surface area contributed by atoms with Gasteiger partial charge in [0, 0.05) is 15.9 Å². The van der Waals surface area contributed by atoms with Crippen molar-refractivity contribution < 1.29 is 0 Å². The van der Waals surface area contributed by atoms with Crippen molar-refractivity contribution >= 4 is 45.2 Å². The largest absolute Gasteiger partial charge is 0.274 e. The molecule has 1 aromatic heterocycles. The molecule has 0 saturated carbocycles. The highest BCUT2D eigenvalue weighted by Crippen LogP contribution is 2.56. The number of dihydropyridines is 1. The number of thioether (sulfide) groups is 2. The molecule has 3 heterocycles. The van der Waals surface area contributed by atoms with Gasteiger partial charge in [0.25, 0.3) is 0 Å². The first-order valence-electron chi connectivity index (χ1n) is 10.4. The van der Waals surface area contributed by atoms with Crippen molar-refractivity contribution in [3.05, 3.63) is 57.5 Å². The van der Waals surface area contributed by atoms with Crippen LogP contribution in [0, 0.1) is 0 Å². The average molecular weight is 487 g/mol. The first-order valence-corrected chi connectivity index (χ1v) is 13.1. The molecule has 2 aliphatic heterocycles. The molecule has 1 aromatic carbocycles. The number of aliphatic imine (C=N–C) groups is 1. The van der Waals surface area contributed by atoms with Crippen LogP contribution < -0.4 is 0 Å². The molecule has 2 atom stereocenters. The molecule has 0 fully saturated rings. The highest BCUT2D eigenvalue weighted by Gasteiger charge is 2.43. The molecule has 0 amide bonds. The van der Waals surface area contributed by atoms with Gasteiger partial charge in [0.1, 0.15) is 16.7 Å². The monoisotopic (exact) mass is 485 g/mol. The number of fused-ring (bicyclic) bond motifs is 4. The fourth-order valence-electron chi connectivity index (χ4n) is 4.53. The number of hydrogen-bond donors (Lipinski definition) is 0. The fourth-order valence-corrected chi connectivity index (χ4v) is 7.27. The highest BCUT2D eigenvalue weighted by molar-refractivity contribution is 9.10. The topological polar surface area (TPSA) is 38.1 Å². The molecule has 0 N–H and O–H groups in total. The number of unbranched alkanes of at least 4 members (excludes halogenated alkanes) is 1. The molecule has 1 aliphatic carbocycles. The van der Waals surface area contributed by atoms with Gasteiger partial charge < -0.3 is 0 Å². The van der Waals surface area contributed by atoms with E-state index in [4.69, 9.17) is 9.98 Å². The lowest BCUT2D eigenvalue weighted by atomic mass is 9.87. The van der Waals surface area contributed by atoms with E-state index < -0.39 is 0 Å². The lowest BCUT2D eigenvalue weighted by molar-refractivity contribution is 0.687. The summed E-state index contributed by atoms with van der Waals surface area (Å²) in [6, 6.07) is 8.55. The van der Waals surface area contributed by atoms with Crippen LogP contribution in [0.5, 0.6) is 0 Å². The Morgan fingerprint density at radius 1 is 1.17 bits per heavy atom. The van der Waals surface area contributed by atoms with E-state index in [1.165, 1.54) is 54.0 Å². The molecule has 0 saturated heterocycles. The molecule has 150 valence electrons. The number of benzene rings is 1. The van der Waals surface area contributed by atoms with Crippen molar-refractivity contribution in [2.45, 2.75) is 72.4 Å². The molecule has 3 aliphatic rings. The minimum Gasteiger partial charge on any atom is -0.274 e. The van der Waals surface area contributed by atoms with Crippen molar-refractivity contribution in [1.82, 2.24) is 9.97 Å². The Morgan fingerprint density at radius 2 is 2.03 bits per heavy atom. The van der Waals surface area contributed by atoms with Crippen molar-refractivity contribution in [2.24, 2.45) is 4.99 Å². The van der Waals surface area contributed by atoms with Gasteiger partial charge in [0.15, 0.2) is 0 Å². The van der Waals surface area contributed by atoms with E-state index in [0.29, 0.717) is 5.92 Å². The van der Waals surface area contributed by atoms with E-state index in [9.17, 15) is 0 Å². The predicted octanol–water partition coefficient (Wildman–Crippen LogP) is 7.17. The minimum absolute atomic E-state index is 0.262. The number of rotatable bonds is 6. The predicted molar refractivity (Wildman–Crippen MR) is 126 cm³/mol. The van der Waals surface area contributed by atoms with Crippen molar-refractivity contribution in [1.29, 1.82) is 0 Å². The Morgan fingerprint density at radius 3 is 2.86 bits per heavy atom. The van der Waals surface area contributed by atoms with Crippen LogP contribution in [-0.2, 0) is 5.75 Å². The summed E-state index contributed by atoms with van der Waals surface area (Å²) in [7, 11) is 0. The van der Waals surface area contributed by atoms with E-state index in [1.54, 1.807) is 17.5 Å². The van der Waals surface area contributed by atoms with Crippen molar-refractivity contribution in [3.63, 3.8) is 0 Å². The summed E-state index contributed by atoms with van der Waals surface area (Å²) in [6.45, 7) is 2.26. The zero-order valence-corrected chi connectivity index (χ0v) is 19.7. The molecule has 5 rings (SSSR count). The molecule has 29 heavy (non-hydrogen) atoms. The third-order valence-corrected chi connectivity index (χ3v) is 8.92. The summed E-state index contributed by atoms with van der Waals surface area (Å²) in [5.41, 5.74) is 7.12. The lowest BCUT2D eigenvalue weighted by Gasteiger charge is -2.26. The quantitative estimate of drug-likeness (QED) is 0.320. The van der Waals surface area contributed by atoms with Gasteiger partial charge in [-0.25, -0.2) is 9.97 Å². The Hall–Kier alpha value is -1.11. The first-order chi connectivity index (χ1) is 14.2. The van der Waals surface area contributed by atoms with Gasteiger partial charge in [0.2, 0.25) is 0 Å². The van der Waals surface area contributed by atoms with E-state index in [-0.39, 0.29) is 5.37 Å². The number of allylic oxidation sites excluding steroid dienone is 1. The van der Waals surface area contributed by atoms with Gasteiger partial charge >= 0.3 is 0 Å². The van der Waals surface area contributed by atoms with Gasteiger partial charge in [-0.15, -0.1) is 11.8 Å². The molecule has 0 unspecified atom stereocenters. The number of hydrogen-bond acceptors (Lipinski definition) is 5.